The second kappa shape index (κ2) is 5.88. The van der Waals surface area contributed by atoms with Crippen LogP contribution in [0.5, 0.6) is 0 Å². The second-order valence-electron chi connectivity index (χ2n) is 5.94. The van der Waals surface area contributed by atoms with E-state index in [9.17, 15) is 5.11 Å². The average Bonchev–Trinajstić information content (AvgIpc) is 2.38. The van der Waals surface area contributed by atoms with Gasteiger partial charge >= 0.3 is 0 Å². The summed E-state index contributed by atoms with van der Waals surface area (Å²) in [5.74, 6) is 0. The van der Waals surface area contributed by atoms with Crippen molar-refractivity contribution in [3.05, 3.63) is 24.0 Å². The van der Waals surface area contributed by atoms with Crippen LogP contribution in [0.15, 0.2) is 18.3 Å². The minimum Gasteiger partial charge on any atom is -0.389 e. The van der Waals surface area contributed by atoms with Gasteiger partial charge in [0.1, 0.15) is 0 Å². The van der Waals surface area contributed by atoms with Gasteiger partial charge < -0.3 is 10.0 Å². The molecule has 0 saturated carbocycles. The molecule has 0 radical (unpaired) electrons. The predicted molar refractivity (Wildman–Crippen MR) is 78.6 cm³/mol. The summed E-state index contributed by atoms with van der Waals surface area (Å²) in [7, 11) is 0. The highest BCUT2D eigenvalue weighted by Gasteiger charge is 2.22. The molecule has 0 spiro atoms. The van der Waals surface area contributed by atoms with Gasteiger partial charge in [0.2, 0.25) is 0 Å². The van der Waals surface area contributed by atoms with Crippen molar-refractivity contribution in [2.24, 2.45) is 0 Å². The van der Waals surface area contributed by atoms with Gasteiger partial charge in [0.05, 0.1) is 17.5 Å². The van der Waals surface area contributed by atoms with Gasteiger partial charge in [0.25, 0.3) is 0 Å². The lowest BCUT2D eigenvalue weighted by atomic mass is 10.1. The SMILES string of the molecule is CCc1ccc(N2CCN(CC(C)(C)O)CC2)cn1. The Kier molecular flexibility index (Phi) is 4.42. The number of nitrogens with zero attached hydrogens (tertiary/aromatic N) is 3. The van der Waals surface area contributed by atoms with E-state index in [0.717, 1.165) is 44.8 Å². The van der Waals surface area contributed by atoms with Crippen molar-refractivity contribution < 1.29 is 5.11 Å². The molecule has 0 amide bonds. The first kappa shape index (κ1) is 14.3. The third kappa shape index (κ3) is 4.18. The normalized spacial score (nSPS) is 17.8. The van der Waals surface area contributed by atoms with Crippen molar-refractivity contribution >= 4 is 5.69 Å². The van der Waals surface area contributed by atoms with Crippen molar-refractivity contribution in [1.29, 1.82) is 0 Å². The zero-order valence-electron chi connectivity index (χ0n) is 12.3. The number of hydrogen-bond donors (Lipinski definition) is 1. The van der Waals surface area contributed by atoms with E-state index in [2.05, 4.69) is 33.8 Å². The number of aromatic nitrogens is 1. The summed E-state index contributed by atoms with van der Waals surface area (Å²) in [6.45, 7) is 10.6. The number of aliphatic hydroxyl groups is 1. The van der Waals surface area contributed by atoms with Crippen LogP contribution in [0.25, 0.3) is 0 Å². The van der Waals surface area contributed by atoms with E-state index in [1.165, 1.54) is 5.69 Å². The molecule has 1 aromatic heterocycles. The Bertz CT molecular complexity index is 389. The van der Waals surface area contributed by atoms with Gasteiger partial charge in [0, 0.05) is 38.4 Å². The van der Waals surface area contributed by atoms with Crippen LogP contribution in [0.4, 0.5) is 5.69 Å². The Labute approximate surface area is 116 Å². The van der Waals surface area contributed by atoms with Crippen molar-refractivity contribution in [1.82, 2.24) is 9.88 Å². The van der Waals surface area contributed by atoms with Gasteiger partial charge in [-0.15, -0.1) is 0 Å². The van der Waals surface area contributed by atoms with Crippen LogP contribution in [0.2, 0.25) is 0 Å². The fraction of sp³-hybridized carbons (Fsp3) is 0.667. The molecule has 1 fully saturated rings. The highest BCUT2D eigenvalue weighted by atomic mass is 16.3. The number of aryl methyl sites for hydroxylation is 1. The summed E-state index contributed by atoms with van der Waals surface area (Å²) in [5, 5.41) is 9.85. The van der Waals surface area contributed by atoms with E-state index < -0.39 is 5.60 Å². The Balaban J connectivity index is 1.88. The topological polar surface area (TPSA) is 39.6 Å². The lowest BCUT2D eigenvalue weighted by Gasteiger charge is -2.38. The molecule has 1 N–H and O–H groups in total. The van der Waals surface area contributed by atoms with Gasteiger partial charge in [-0.05, 0) is 32.4 Å². The zero-order chi connectivity index (χ0) is 13.9. The number of piperazine rings is 1. The van der Waals surface area contributed by atoms with E-state index >= 15 is 0 Å². The first-order valence-electron chi connectivity index (χ1n) is 7.12. The molecule has 2 heterocycles. The standard InChI is InChI=1S/C15H25N3O/c1-4-13-5-6-14(11-16-13)18-9-7-17(8-10-18)12-15(2,3)19/h5-6,11,19H,4,7-10,12H2,1-3H3. The van der Waals surface area contributed by atoms with Gasteiger partial charge in [0.15, 0.2) is 0 Å². The maximum atomic E-state index is 9.85. The number of anilines is 1. The largest absolute Gasteiger partial charge is 0.389 e. The first-order chi connectivity index (χ1) is 8.98. The van der Waals surface area contributed by atoms with Crippen molar-refractivity contribution in [3.63, 3.8) is 0 Å². The third-order valence-electron chi connectivity index (χ3n) is 3.52. The maximum Gasteiger partial charge on any atom is 0.0718 e. The van der Waals surface area contributed by atoms with Crippen LogP contribution in [0.3, 0.4) is 0 Å². The van der Waals surface area contributed by atoms with Crippen LogP contribution >= 0.6 is 0 Å². The van der Waals surface area contributed by atoms with E-state index in [1.807, 2.05) is 20.0 Å². The molecule has 0 aromatic carbocycles. The van der Waals surface area contributed by atoms with E-state index in [1.54, 1.807) is 0 Å². The highest BCUT2D eigenvalue weighted by Crippen LogP contribution is 2.16. The number of β-amino-alcohol motifs (C(OH)–C–C–N with tert-alkyl or cyclic N) is 1. The molecule has 0 aliphatic carbocycles. The fourth-order valence-electron chi connectivity index (χ4n) is 2.52. The minimum atomic E-state index is -0.605. The maximum absolute atomic E-state index is 9.85. The minimum absolute atomic E-state index is 0.605. The third-order valence-corrected chi connectivity index (χ3v) is 3.52. The molecule has 0 unspecified atom stereocenters. The smallest absolute Gasteiger partial charge is 0.0718 e. The first-order valence-corrected chi connectivity index (χ1v) is 7.12. The van der Waals surface area contributed by atoms with Gasteiger partial charge in [-0.3, -0.25) is 9.88 Å². The molecule has 1 aliphatic rings. The van der Waals surface area contributed by atoms with E-state index in [-0.39, 0.29) is 0 Å². The van der Waals surface area contributed by atoms with Gasteiger partial charge in [-0.2, -0.15) is 0 Å². The predicted octanol–water partition coefficient (Wildman–Crippen LogP) is 1.54. The van der Waals surface area contributed by atoms with Crippen molar-refractivity contribution in [2.75, 3.05) is 37.6 Å². The van der Waals surface area contributed by atoms with Crippen LogP contribution in [0.1, 0.15) is 26.5 Å². The lowest BCUT2D eigenvalue weighted by molar-refractivity contribution is 0.0345. The summed E-state index contributed by atoms with van der Waals surface area (Å²) >= 11 is 0. The van der Waals surface area contributed by atoms with E-state index in [4.69, 9.17) is 0 Å². The molecular weight excluding hydrogens is 238 g/mol. The Morgan fingerprint density at radius 3 is 2.37 bits per heavy atom. The highest BCUT2D eigenvalue weighted by molar-refractivity contribution is 5.45. The van der Waals surface area contributed by atoms with Crippen molar-refractivity contribution in [3.8, 4) is 0 Å². The summed E-state index contributed by atoms with van der Waals surface area (Å²) in [4.78, 5) is 9.15. The lowest BCUT2D eigenvalue weighted by Crippen LogP contribution is -2.50. The molecule has 1 aromatic rings. The van der Waals surface area contributed by atoms with Crippen LogP contribution in [0, 0.1) is 0 Å². The summed E-state index contributed by atoms with van der Waals surface area (Å²) in [6, 6.07) is 4.27. The summed E-state index contributed by atoms with van der Waals surface area (Å²) < 4.78 is 0. The molecule has 4 heteroatoms. The molecule has 0 bridgehead atoms. The average molecular weight is 263 g/mol. The van der Waals surface area contributed by atoms with Gasteiger partial charge in [-0.1, -0.05) is 6.92 Å². The van der Waals surface area contributed by atoms with Gasteiger partial charge in [-0.25, -0.2) is 0 Å². The number of pyridine rings is 1. The number of hydrogen-bond acceptors (Lipinski definition) is 4. The fourth-order valence-corrected chi connectivity index (χ4v) is 2.52. The quantitative estimate of drug-likeness (QED) is 0.894. The monoisotopic (exact) mass is 263 g/mol. The Morgan fingerprint density at radius 1 is 1.21 bits per heavy atom. The molecule has 1 saturated heterocycles. The van der Waals surface area contributed by atoms with Crippen LogP contribution in [-0.4, -0.2) is 53.3 Å². The van der Waals surface area contributed by atoms with Crippen LogP contribution < -0.4 is 4.90 Å². The Hall–Kier alpha value is -1.13. The number of rotatable bonds is 4. The molecule has 19 heavy (non-hydrogen) atoms. The van der Waals surface area contributed by atoms with Crippen molar-refractivity contribution in [2.45, 2.75) is 32.8 Å². The molecule has 1 aliphatic heterocycles. The summed E-state index contributed by atoms with van der Waals surface area (Å²) in [5.41, 5.74) is 1.75. The molecule has 4 nitrogen and oxygen atoms in total. The van der Waals surface area contributed by atoms with E-state index in [0.29, 0.717) is 0 Å². The summed E-state index contributed by atoms with van der Waals surface area (Å²) in [6.07, 6.45) is 2.96. The molecule has 106 valence electrons. The molecular formula is C15H25N3O. The Morgan fingerprint density at radius 2 is 1.89 bits per heavy atom. The second-order valence-corrected chi connectivity index (χ2v) is 5.94. The molecule has 2 rings (SSSR count). The van der Waals surface area contributed by atoms with Crippen LogP contribution in [-0.2, 0) is 6.42 Å². The zero-order valence-corrected chi connectivity index (χ0v) is 12.3. The molecule has 0 atom stereocenters.